The van der Waals surface area contributed by atoms with Crippen LogP contribution in [0.3, 0.4) is 0 Å². The van der Waals surface area contributed by atoms with Crippen LogP contribution in [0.2, 0.25) is 0 Å². The third kappa shape index (κ3) is 3.31. The molecule has 0 unspecified atom stereocenters. The van der Waals surface area contributed by atoms with Crippen molar-refractivity contribution in [3.8, 4) is 0 Å². The molecule has 6 heteroatoms. The van der Waals surface area contributed by atoms with Gasteiger partial charge in [0, 0.05) is 9.37 Å². The van der Waals surface area contributed by atoms with Crippen molar-refractivity contribution in [2.24, 2.45) is 5.73 Å². The van der Waals surface area contributed by atoms with Crippen LogP contribution in [0, 0.1) is 6.92 Å². The number of nitrogens with two attached hydrogens (primary N) is 1. The Morgan fingerprint density at radius 1 is 1.47 bits per heavy atom. The Kier molecular flexibility index (Phi) is 4.20. The number of aryl methyl sites for hydroxylation is 1. The van der Waals surface area contributed by atoms with Gasteiger partial charge in [-0.2, -0.15) is 0 Å². The van der Waals surface area contributed by atoms with Gasteiger partial charge in [-0.1, -0.05) is 6.07 Å². The van der Waals surface area contributed by atoms with Gasteiger partial charge in [-0.3, -0.25) is 5.10 Å². The Labute approximate surface area is 113 Å². The standard InChI is InChI=1S/C11H13BrN4S/c1-7-14-11(16-15-7)17-10-3-2-8(4-5-13)6-9(10)12/h2-3,6H,4-5,13H2,1H3,(H,14,15,16). The summed E-state index contributed by atoms with van der Waals surface area (Å²) in [6.07, 6.45) is 0.892. The van der Waals surface area contributed by atoms with Gasteiger partial charge < -0.3 is 5.73 Å². The molecule has 17 heavy (non-hydrogen) atoms. The molecule has 0 spiro atoms. The van der Waals surface area contributed by atoms with Crippen molar-refractivity contribution in [3.63, 3.8) is 0 Å². The number of aromatic nitrogens is 3. The first-order valence-corrected chi connectivity index (χ1v) is 6.85. The van der Waals surface area contributed by atoms with Crippen LogP contribution in [0.4, 0.5) is 0 Å². The van der Waals surface area contributed by atoms with E-state index in [-0.39, 0.29) is 0 Å². The smallest absolute Gasteiger partial charge is 0.213 e. The molecule has 90 valence electrons. The highest BCUT2D eigenvalue weighted by atomic mass is 79.9. The van der Waals surface area contributed by atoms with E-state index in [0.29, 0.717) is 6.54 Å². The molecule has 3 N–H and O–H groups in total. The van der Waals surface area contributed by atoms with Crippen molar-refractivity contribution >= 4 is 27.7 Å². The fourth-order valence-electron chi connectivity index (χ4n) is 1.42. The van der Waals surface area contributed by atoms with E-state index in [1.54, 1.807) is 0 Å². The maximum absolute atomic E-state index is 5.53. The first-order chi connectivity index (χ1) is 8.19. The van der Waals surface area contributed by atoms with E-state index < -0.39 is 0 Å². The number of aromatic amines is 1. The highest BCUT2D eigenvalue weighted by Gasteiger charge is 2.07. The summed E-state index contributed by atoms with van der Waals surface area (Å²) in [7, 11) is 0. The summed E-state index contributed by atoms with van der Waals surface area (Å²) < 4.78 is 1.05. The number of nitrogens with one attached hydrogen (secondary N) is 1. The van der Waals surface area contributed by atoms with Crippen LogP contribution in [-0.2, 0) is 6.42 Å². The lowest BCUT2D eigenvalue weighted by molar-refractivity contribution is 0.960. The minimum absolute atomic E-state index is 0.666. The van der Waals surface area contributed by atoms with E-state index in [2.05, 4.69) is 49.3 Å². The molecular formula is C11H13BrN4S. The number of hydrogen-bond acceptors (Lipinski definition) is 4. The molecule has 0 saturated carbocycles. The van der Waals surface area contributed by atoms with Crippen molar-refractivity contribution in [1.82, 2.24) is 15.2 Å². The highest BCUT2D eigenvalue weighted by Crippen LogP contribution is 2.32. The Hall–Kier alpha value is -0.850. The van der Waals surface area contributed by atoms with Gasteiger partial charge in [-0.05, 0) is 65.3 Å². The molecule has 2 aromatic rings. The van der Waals surface area contributed by atoms with E-state index in [1.165, 1.54) is 17.3 Å². The summed E-state index contributed by atoms with van der Waals surface area (Å²) in [5, 5.41) is 7.65. The lowest BCUT2D eigenvalue weighted by Gasteiger charge is -2.04. The average molecular weight is 313 g/mol. The Morgan fingerprint density at radius 3 is 2.88 bits per heavy atom. The Bertz CT molecular complexity index is 512. The lowest BCUT2D eigenvalue weighted by Crippen LogP contribution is -2.02. The van der Waals surface area contributed by atoms with E-state index in [1.807, 2.05) is 6.92 Å². The van der Waals surface area contributed by atoms with Crippen LogP contribution in [0.5, 0.6) is 0 Å². The summed E-state index contributed by atoms with van der Waals surface area (Å²) in [5.74, 6) is 0.823. The largest absolute Gasteiger partial charge is 0.330 e. The van der Waals surface area contributed by atoms with E-state index in [9.17, 15) is 0 Å². The number of H-pyrrole nitrogens is 1. The molecule has 1 aromatic heterocycles. The molecule has 0 bridgehead atoms. The molecule has 0 radical (unpaired) electrons. The molecule has 0 amide bonds. The normalized spacial score (nSPS) is 10.8. The van der Waals surface area contributed by atoms with Crippen LogP contribution in [-0.4, -0.2) is 21.7 Å². The summed E-state index contributed by atoms with van der Waals surface area (Å²) >= 11 is 5.08. The van der Waals surface area contributed by atoms with Gasteiger partial charge in [-0.15, -0.1) is 5.10 Å². The second-order valence-corrected chi connectivity index (χ2v) is 5.47. The van der Waals surface area contributed by atoms with Crippen molar-refractivity contribution in [2.45, 2.75) is 23.4 Å². The summed E-state index contributed by atoms with van der Waals surface area (Å²) in [5.41, 5.74) is 6.76. The zero-order chi connectivity index (χ0) is 12.3. The molecule has 4 nitrogen and oxygen atoms in total. The van der Waals surface area contributed by atoms with Crippen LogP contribution >= 0.6 is 27.7 Å². The summed E-state index contributed by atoms with van der Waals surface area (Å²) in [4.78, 5) is 5.36. The fraction of sp³-hybridized carbons (Fsp3) is 0.273. The number of benzene rings is 1. The van der Waals surface area contributed by atoms with Gasteiger partial charge in [0.25, 0.3) is 0 Å². The van der Waals surface area contributed by atoms with Crippen LogP contribution in [0.1, 0.15) is 11.4 Å². The summed E-state index contributed by atoms with van der Waals surface area (Å²) in [6, 6.07) is 6.24. The SMILES string of the molecule is Cc1nc(Sc2ccc(CCN)cc2Br)n[nH]1. The fourth-order valence-corrected chi connectivity index (χ4v) is 2.85. The minimum Gasteiger partial charge on any atom is -0.330 e. The maximum atomic E-state index is 5.53. The topological polar surface area (TPSA) is 67.6 Å². The molecule has 0 aliphatic rings. The minimum atomic E-state index is 0.666. The Morgan fingerprint density at radius 2 is 2.29 bits per heavy atom. The monoisotopic (exact) mass is 312 g/mol. The molecule has 0 fully saturated rings. The first-order valence-electron chi connectivity index (χ1n) is 5.24. The van der Waals surface area contributed by atoms with Crippen molar-refractivity contribution in [3.05, 3.63) is 34.1 Å². The van der Waals surface area contributed by atoms with Crippen molar-refractivity contribution < 1.29 is 0 Å². The zero-order valence-electron chi connectivity index (χ0n) is 9.40. The van der Waals surface area contributed by atoms with Gasteiger partial charge in [0.2, 0.25) is 5.16 Å². The molecule has 2 rings (SSSR count). The molecule has 1 heterocycles. The predicted molar refractivity (Wildman–Crippen MR) is 72.1 cm³/mol. The lowest BCUT2D eigenvalue weighted by atomic mass is 10.2. The van der Waals surface area contributed by atoms with Gasteiger partial charge in [0.15, 0.2) is 0 Å². The van der Waals surface area contributed by atoms with Crippen molar-refractivity contribution in [2.75, 3.05) is 6.54 Å². The molecule has 0 saturated heterocycles. The second kappa shape index (κ2) is 5.66. The molecule has 1 aromatic carbocycles. The number of rotatable bonds is 4. The predicted octanol–water partition coefficient (Wildman–Crippen LogP) is 2.53. The number of hydrogen-bond donors (Lipinski definition) is 2. The van der Waals surface area contributed by atoms with E-state index in [4.69, 9.17) is 5.73 Å². The number of halogens is 1. The molecule has 0 atom stereocenters. The number of nitrogens with zero attached hydrogens (tertiary/aromatic N) is 2. The zero-order valence-corrected chi connectivity index (χ0v) is 11.8. The molecule has 0 aliphatic heterocycles. The van der Waals surface area contributed by atoms with Gasteiger partial charge in [0.1, 0.15) is 5.82 Å². The quantitative estimate of drug-likeness (QED) is 0.910. The van der Waals surface area contributed by atoms with Crippen LogP contribution in [0.25, 0.3) is 0 Å². The van der Waals surface area contributed by atoms with Gasteiger partial charge in [0.05, 0.1) is 0 Å². The maximum Gasteiger partial charge on any atom is 0.213 e. The highest BCUT2D eigenvalue weighted by molar-refractivity contribution is 9.10. The third-order valence-corrected chi connectivity index (χ3v) is 4.07. The third-order valence-electron chi connectivity index (χ3n) is 2.21. The Balaban J connectivity index is 2.16. The molecular weight excluding hydrogens is 300 g/mol. The van der Waals surface area contributed by atoms with Crippen LogP contribution < -0.4 is 5.73 Å². The second-order valence-electron chi connectivity index (χ2n) is 3.61. The first kappa shape index (κ1) is 12.6. The molecule has 0 aliphatic carbocycles. The van der Waals surface area contributed by atoms with Crippen LogP contribution in [0.15, 0.2) is 32.7 Å². The van der Waals surface area contributed by atoms with Gasteiger partial charge in [-0.25, -0.2) is 4.98 Å². The van der Waals surface area contributed by atoms with E-state index in [0.717, 1.165) is 26.8 Å². The van der Waals surface area contributed by atoms with Crippen molar-refractivity contribution in [1.29, 1.82) is 0 Å². The van der Waals surface area contributed by atoms with E-state index >= 15 is 0 Å². The average Bonchev–Trinajstić information content (AvgIpc) is 2.69. The van der Waals surface area contributed by atoms with Gasteiger partial charge >= 0.3 is 0 Å². The summed E-state index contributed by atoms with van der Waals surface area (Å²) in [6.45, 7) is 2.55.